The summed E-state index contributed by atoms with van der Waals surface area (Å²) in [6, 6.07) is 0. The Morgan fingerprint density at radius 3 is 0.896 bits per heavy atom. The highest BCUT2D eigenvalue weighted by molar-refractivity contribution is 7.47. The van der Waals surface area contributed by atoms with Crippen molar-refractivity contribution in [3.8, 4) is 0 Å². The molecule has 0 radical (unpaired) electrons. The standard InChI is InChI=1S/C77H132O17P2/c1-5-9-13-17-21-25-29-32-35-38-42-45-49-53-57-61-74(79)87-67-72(93-76(81)63-59-55-51-47-41-28-24-20-16-12-8-4)69-91-95(83,84)89-65-71(78)66-90-96(85,86)92-70-73(94-77(82)64-60-56-52-48-44-40-37-34-31-27-23-19-15-11-7-3)68-88-75(80)62-58-54-50-46-43-39-36-33-30-26-22-18-14-10-6-2/h9-10,13-14,20-22,24-26,32-37,42,45,71-73,78H,5-8,11-12,15-19,23,27-31,38-41,43-44,46-70H2,1-4H3,(H,83,84)(H,85,86)/b13-9-,14-10-,24-20-,25-21-,26-22-,35-32-,36-33-,37-34-,45-42-. The fraction of sp³-hybridized carbons (Fsp3) is 0.714. The molecule has 0 heterocycles. The van der Waals surface area contributed by atoms with Crippen LogP contribution in [0.5, 0.6) is 0 Å². The Balaban J connectivity index is 5.38. The van der Waals surface area contributed by atoms with Gasteiger partial charge in [0.1, 0.15) is 19.3 Å². The molecule has 3 N–H and O–H groups in total. The topological polar surface area (TPSA) is 237 Å². The van der Waals surface area contributed by atoms with Gasteiger partial charge >= 0.3 is 39.5 Å². The molecule has 0 saturated carbocycles. The first-order valence-corrected chi connectivity index (χ1v) is 40.1. The maximum Gasteiger partial charge on any atom is 0.472 e. The summed E-state index contributed by atoms with van der Waals surface area (Å²) in [6.07, 6.45) is 72.4. The third kappa shape index (κ3) is 68.3. The zero-order chi connectivity index (χ0) is 70.4. The minimum absolute atomic E-state index is 0.0737. The Kier molecular flexibility index (Phi) is 66.1. The van der Waals surface area contributed by atoms with Gasteiger partial charge in [-0.1, -0.05) is 240 Å². The number of aliphatic hydroxyl groups excluding tert-OH is 1. The van der Waals surface area contributed by atoms with Crippen molar-refractivity contribution in [2.24, 2.45) is 0 Å². The van der Waals surface area contributed by atoms with Gasteiger partial charge < -0.3 is 33.8 Å². The first-order valence-electron chi connectivity index (χ1n) is 37.1. The van der Waals surface area contributed by atoms with Crippen molar-refractivity contribution in [3.05, 3.63) is 109 Å². The van der Waals surface area contributed by atoms with E-state index in [0.717, 1.165) is 167 Å². The molecule has 0 bridgehead atoms. The van der Waals surface area contributed by atoms with Crippen molar-refractivity contribution in [1.29, 1.82) is 0 Å². The molecule has 0 spiro atoms. The lowest BCUT2D eigenvalue weighted by Gasteiger charge is -2.21. The Morgan fingerprint density at radius 1 is 0.302 bits per heavy atom. The fourth-order valence-electron chi connectivity index (χ4n) is 9.55. The maximum atomic E-state index is 13.1. The Bertz CT molecular complexity index is 2250. The lowest BCUT2D eigenvalue weighted by atomic mass is 10.1. The van der Waals surface area contributed by atoms with E-state index in [1.54, 1.807) is 0 Å². The van der Waals surface area contributed by atoms with Gasteiger partial charge in [0.2, 0.25) is 0 Å². The van der Waals surface area contributed by atoms with Crippen molar-refractivity contribution in [1.82, 2.24) is 0 Å². The van der Waals surface area contributed by atoms with Crippen LogP contribution in [0.3, 0.4) is 0 Å². The van der Waals surface area contributed by atoms with E-state index in [2.05, 4.69) is 137 Å². The van der Waals surface area contributed by atoms with Crippen molar-refractivity contribution in [2.45, 2.75) is 316 Å². The summed E-state index contributed by atoms with van der Waals surface area (Å²) in [5.74, 6) is -2.26. The summed E-state index contributed by atoms with van der Waals surface area (Å²) in [5, 5.41) is 10.6. The second kappa shape index (κ2) is 69.2. The average Bonchev–Trinajstić information content (AvgIpc) is 1.11. The number of hydrogen-bond acceptors (Lipinski definition) is 15. The molecule has 0 aliphatic heterocycles. The van der Waals surface area contributed by atoms with Gasteiger partial charge in [-0.2, -0.15) is 0 Å². The maximum absolute atomic E-state index is 13.1. The zero-order valence-corrected chi connectivity index (χ0v) is 61.8. The molecule has 552 valence electrons. The number of carbonyl (C=O) groups excluding carboxylic acids is 4. The monoisotopic (exact) mass is 1390 g/mol. The SMILES string of the molecule is CC/C=C\C/C=C\C/C=C\C/C=C\CCCCC(=O)OCC(COP(=O)(O)OCC(O)COP(=O)(O)OCC(COC(=O)CCCCCCC/C=C\C/C=C\C/C=C\CC)OC(=O)CCCCCCC/C=C\CCCCCCCC)OC(=O)CCCCCCC/C=C\CCCC. The molecule has 5 atom stereocenters. The third-order valence-electron chi connectivity index (χ3n) is 15.2. The van der Waals surface area contributed by atoms with Crippen molar-refractivity contribution in [2.75, 3.05) is 39.6 Å². The van der Waals surface area contributed by atoms with Gasteiger partial charge in [-0.3, -0.25) is 37.3 Å². The smallest absolute Gasteiger partial charge is 0.462 e. The van der Waals surface area contributed by atoms with Crippen LogP contribution in [0.25, 0.3) is 0 Å². The molecule has 0 aromatic carbocycles. The van der Waals surface area contributed by atoms with E-state index in [1.807, 2.05) is 0 Å². The van der Waals surface area contributed by atoms with Crippen LogP contribution in [0, 0.1) is 0 Å². The van der Waals surface area contributed by atoms with Crippen molar-refractivity contribution >= 4 is 39.5 Å². The van der Waals surface area contributed by atoms with E-state index in [4.69, 9.17) is 37.0 Å². The van der Waals surface area contributed by atoms with Crippen molar-refractivity contribution < 1.29 is 80.2 Å². The quantitative estimate of drug-likeness (QED) is 0.0169. The van der Waals surface area contributed by atoms with Gasteiger partial charge in [-0.05, 0) is 141 Å². The molecule has 0 rings (SSSR count). The molecular formula is C77H132O17P2. The lowest BCUT2D eigenvalue weighted by Crippen LogP contribution is -2.30. The second-order valence-corrected chi connectivity index (χ2v) is 27.4. The Hall–Kier alpha value is -4.28. The molecule has 0 aliphatic rings. The van der Waals surface area contributed by atoms with Crippen LogP contribution >= 0.6 is 15.6 Å². The van der Waals surface area contributed by atoms with Crippen LogP contribution in [0.15, 0.2) is 109 Å². The predicted octanol–water partition coefficient (Wildman–Crippen LogP) is 21.0. The van der Waals surface area contributed by atoms with Crippen LogP contribution in [-0.4, -0.2) is 96.7 Å². The summed E-state index contributed by atoms with van der Waals surface area (Å²) in [7, 11) is -9.96. The molecular weight excluding hydrogens is 1260 g/mol. The number of ether oxygens (including phenoxy) is 4. The number of carbonyl (C=O) groups is 4. The fourth-order valence-corrected chi connectivity index (χ4v) is 11.1. The van der Waals surface area contributed by atoms with E-state index in [1.165, 1.54) is 51.4 Å². The molecule has 0 aliphatic carbocycles. The number of phosphoric ester groups is 2. The van der Waals surface area contributed by atoms with E-state index in [0.29, 0.717) is 25.7 Å². The number of esters is 4. The normalized spacial score (nSPS) is 14.6. The number of rotatable bonds is 69. The largest absolute Gasteiger partial charge is 0.472 e. The molecule has 96 heavy (non-hydrogen) atoms. The first kappa shape index (κ1) is 91.7. The summed E-state index contributed by atoms with van der Waals surface area (Å²) in [4.78, 5) is 72.7. The van der Waals surface area contributed by atoms with E-state index in [-0.39, 0.29) is 25.7 Å². The molecule has 0 aromatic heterocycles. The van der Waals surface area contributed by atoms with Gasteiger partial charge in [-0.25, -0.2) is 9.13 Å². The summed E-state index contributed by atoms with van der Waals surface area (Å²) in [6.45, 7) is 4.51. The van der Waals surface area contributed by atoms with Crippen LogP contribution in [0.4, 0.5) is 0 Å². The first-order chi connectivity index (χ1) is 46.7. The van der Waals surface area contributed by atoms with Gasteiger partial charge in [-0.15, -0.1) is 0 Å². The molecule has 0 aromatic rings. The molecule has 0 fully saturated rings. The summed E-state index contributed by atoms with van der Waals surface area (Å²) in [5.41, 5.74) is 0. The van der Waals surface area contributed by atoms with Crippen LogP contribution in [0.2, 0.25) is 0 Å². The number of phosphoric acid groups is 2. The second-order valence-electron chi connectivity index (χ2n) is 24.5. The van der Waals surface area contributed by atoms with Gasteiger partial charge in [0.15, 0.2) is 12.2 Å². The molecule has 5 unspecified atom stereocenters. The van der Waals surface area contributed by atoms with E-state index in [9.17, 15) is 43.2 Å². The number of unbranched alkanes of at least 4 members (excludes halogenated alkanes) is 25. The molecule has 17 nitrogen and oxygen atoms in total. The van der Waals surface area contributed by atoms with Crippen molar-refractivity contribution in [3.63, 3.8) is 0 Å². The van der Waals surface area contributed by atoms with Crippen LogP contribution < -0.4 is 0 Å². The molecule has 0 amide bonds. The highest BCUT2D eigenvalue weighted by Gasteiger charge is 2.30. The zero-order valence-electron chi connectivity index (χ0n) is 60.0. The molecule has 0 saturated heterocycles. The van der Waals surface area contributed by atoms with E-state index < -0.39 is 97.5 Å². The third-order valence-corrected chi connectivity index (χ3v) is 17.1. The van der Waals surface area contributed by atoms with Crippen LogP contribution in [0.1, 0.15) is 297 Å². The minimum Gasteiger partial charge on any atom is -0.462 e. The van der Waals surface area contributed by atoms with Gasteiger partial charge in [0.25, 0.3) is 0 Å². The number of aliphatic hydroxyl groups is 1. The highest BCUT2D eigenvalue weighted by atomic mass is 31.2. The Morgan fingerprint density at radius 2 is 0.552 bits per heavy atom. The summed E-state index contributed by atoms with van der Waals surface area (Å²) >= 11 is 0. The highest BCUT2D eigenvalue weighted by Crippen LogP contribution is 2.45. The lowest BCUT2D eigenvalue weighted by molar-refractivity contribution is -0.161. The van der Waals surface area contributed by atoms with Gasteiger partial charge in [0, 0.05) is 25.7 Å². The predicted molar refractivity (Wildman–Crippen MR) is 390 cm³/mol. The number of allylic oxidation sites excluding steroid dienone is 18. The van der Waals surface area contributed by atoms with Crippen LogP contribution in [-0.2, 0) is 65.4 Å². The molecule has 19 heteroatoms. The minimum atomic E-state index is -4.98. The number of hydrogen-bond donors (Lipinski definition) is 3. The Labute approximate surface area is 581 Å². The summed E-state index contributed by atoms with van der Waals surface area (Å²) < 4.78 is 68.3. The van der Waals surface area contributed by atoms with E-state index >= 15 is 0 Å². The van der Waals surface area contributed by atoms with Gasteiger partial charge in [0.05, 0.1) is 26.4 Å². The average molecular weight is 1390 g/mol.